The molecule has 0 aromatic carbocycles. The zero-order chi connectivity index (χ0) is 7.82. The molecule has 0 amide bonds. The molecule has 0 rings (SSSR count). The molecule has 0 aromatic heterocycles. The predicted octanol–water partition coefficient (Wildman–Crippen LogP) is 3.96. The van der Waals surface area contributed by atoms with E-state index < -0.39 is 0 Å². The van der Waals surface area contributed by atoms with E-state index in [0.29, 0.717) is 0 Å². The van der Waals surface area contributed by atoms with Gasteiger partial charge in [0, 0.05) is 16.0 Å². The molecule has 0 heterocycles. The maximum atomic E-state index is 3.51. The van der Waals surface area contributed by atoms with Crippen LogP contribution in [0.3, 0.4) is 0 Å². The van der Waals surface area contributed by atoms with E-state index in [4.69, 9.17) is 0 Å². The monoisotopic (exact) mass is 334 g/mol. The summed E-state index contributed by atoms with van der Waals surface area (Å²) in [5, 5.41) is 3.41. The van der Waals surface area contributed by atoms with Gasteiger partial charge in [0.1, 0.15) is 0 Å². The quantitative estimate of drug-likeness (QED) is 0.644. The summed E-state index contributed by atoms with van der Waals surface area (Å²) in [6.45, 7) is 0. The van der Waals surface area contributed by atoms with Crippen LogP contribution in [0.5, 0.6) is 0 Å². The first-order valence-electron chi connectivity index (χ1n) is 3.53. The van der Waals surface area contributed by atoms with Crippen molar-refractivity contribution >= 4 is 47.8 Å². The van der Waals surface area contributed by atoms with Gasteiger partial charge in [0.15, 0.2) is 0 Å². The van der Waals surface area contributed by atoms with Crippen molar-refractivity contribution in [2.45, 2.75) is 19.3 Å². The highest BCUT2D eigenvalue weighted by molar-refractivity contribution is 9.09. The highest BCUT2D eigenvalue weighted by atomic mass is 79.9. The van der Waals surface area contributed by atoms with Crippen LogP contribution in [0.1, 0.15) is 19.3 Å². The summed E-state index contributed by atoms with van der Waals surface area (Å²) in [6.07, 6.45) is 3.92. The van der Waals surface area contributed by atoms with Crippen LogP contribution in [0.25, 0.3) is 0 Å². The highest BCUT2D eigenvalue weighted by Crippen LogP contribution is 2.15. The van der Waals surface area contributed by atoms with E-state index in [-0.39, 0.29) is 0 Å². The molecule has 0 saturated heterocycles. The lowest BCUT2D eigenvalue weighted by Gasteiger charge is -2.09. The van der Waals surface area contributed by atoms with Gasteiger partial charge in [-0.3, -0.25) is 0 Å². The van der Waals surface area contributed by atoms with Crippen LogP contribution < -0.4 is 0 Å². The summed E-state index contributed by atoms with van der Waals surface area (Å²) in [6, 6.07) is 0. The van der Waals surface area contributed by atoms with Gasteiger partial charge in [-0.2, -0.15) is 0 Å². The molecule has 0 nitrogen and oxygen atoms in total. The minimum Gasteiger partial charge on any atom is -0.0928 e. The Hall–Kier alpha value is 1.44. The second-order valence-electron chi connectivity index (χ2n) is 2.33. The molecule has 1 atom stereocenters. The second kappa shape index (κ2) is 8.54. The fourth-order valence-corrected chi connectivity index (χ4v) is 2.44. The lowest BCUT2D eigenvalue weighted by molar-refractivity contribution is 0.529. The Morgan fingerprint density at radius 3 is 2.00 bits per heavy atom. The lowest BCUT2D eigenvalue weighted by Crippen LogP contribution is -2.02. The van der Waals surface area contributed by atoms with E-state index in [1.54, 1.807) is 0 Å². The predicted molar refractivity (Wildman–Crippen MR) is 58.7 cm³/mol. The largest absolute Gasteiger partial charge is 0.0928 e. The van der Waals surface area contributed by atoms with E-state index in [1.165, 1.54) is 19.3 Å². The summed E-state index contributed by atoms with van der Waals surface area (Å²) < 4.78 is 0. The molecule has 0 aliphatic heterocycles. The van der Waals surface area contributed by atoms with Crippen molar-refractivity contribution in [3.63, 3.8) is 0 Å². The Labute approximate surface area is 88.5 Å². The maximum absolute atomic E-state index is 3.51. The molecule has 0 aliphatic rings. The topological polar surface area (TPSA) is 0 Å². The minimum absolute atomic E-state index is 0.858. The maximum Gasteiger partial charge on any atom is 0.00599 e. The van der Waals surface area contributed by atoms with Crippen molar-refractivity contribution in [3.8, 4) is 0 Å². The fraction of sp³-hybridized carbons (Fsp3) is 1.00. The van der Waals surface area contributed by atoms with E-state index in [2.05, 4.69) is 47.8 Å². The molecule has 10 heavy (non-hydrogen) atoms. The summed E-state index contributed by atoms with van der Waals surface area (Å²) >= 11 is 10.4. The van der Waals surface area contributed by atoms with E-state index in [0.717, 1.165) is 21.9 Å². The van der Waals surface area contributed by atoms with Crippen LogP contribution in [0, 0.1) is 5.92 Å². The fourth-order valence-electron chi connectivity index (χ4n) is 0.819. The number of hydrogen-bond acceptors (Lipinski definition) is 0. The molecule has 0 N–H and O–H groups in total. The van der Waals surface area contributed by atoms with Crippen LogP contribution in [0.15, 0.2) is 0 Å². The second-order valence-corrected chi connectivity index (χ2v) is 4.56. The van der Waals surface area contributed by atoms with Crippen molar-refractivity contribution in [1.29, 1.82) is 0 Å². The molecule has 0 unspecified atom stereocenters. The van der Waals surface area contributed by atoms with Crippen molar-refractivity contribution in [3.05, 3.63) is 0 Å². The molecule has 0 saturated carbocycles. The third kappa shape index (κ3) is 6.17. The molecule has 0 fully saturated rings. The van der Waals surface area contributed by atoms with Crippen LogP contribution >= 0.6 is 47.8 Å². The highest BCUT2D eigenvalue weighted by Gasteiger charge is 2.04. The Morgan fingerprint density at radius 1 is 0.900 bits per heavy atom. The van der Waals surface area contributed by atoms with Gasteiger partial charge in [-0.1, -0.05) is 47.8 Å². The first kappa shape index (κ1) is 11.4. The van der Waals surface area contributed by atoms with E-state index in [9.17, 15) is 0 Å². The van der Waals surface area contributed by atoms with Crippen molar-refractivity contribution in [2.24, 2.45) is 5.92 Å². The molecule has 3 heteroatoms. The smallest absolute Gasteiger partial charge is 0.00599 e. The Kier molecular flexibility index (Phi) is 9.76. The molecule has 0 bridgehead atoms. The number of hydrogen-bond donors (Lipinski definition) is 0. The van der Waals surface area contributed by atoms with Gasteiger partial charge in [0.05, 0.1) is 0 Å². The average Bonchev–Trinajstić information content (AvgIpc) is 1.98. The van der Waals surface area contributed by atoms with Gasteiger partial charge in [-0.05, 0) is 25.2 Å². The van der Waals surface area contributed by atoms with Crippen LogP contribution in [0.4, 0.5) is 0 Å². The summed E-state index contributed by atoms with van der Waals surface area (Å²) in [5.41, 5.74) is 0. The number of alkyl halides is 3. The molecular formula is C7H13Br3. The zero-order valence-corrected chi connectivity index (χ0v) is 10.7. The third-order valence-corrected chi connectivity index (χ3v) is 3.42. The Balaban J connectivity index is 3.21. The minimum atomic E-state index is 0.858. The SMILES string of the molecule is BrCCC[C@@H](CBr)CCBr. The van der Waals surface area contributed by atoms with E-state index >= 15 is 0 Å². The van der Waals surface area contributed by atoms with Gasteiger partial charge in [-0.15, -0.1) is 0 Å². The molecule has 0 spiro atoms. The number of halogens is 3. The Morgan fingerprint density at radius 2 is 1.60 bits per heavy atom. The van der Waals surface area contributed by atoms with Crippen LogP contribution in [-0.2, 0) is 0 Å². The van der Waals surface area contributed by atoms with Gasteiger partial charge in [-0.25, -0.2) is 0 Å². The number of rotatable bonds is 6. The first-order chi connectivity index (χ1) is 4.85. The lowest BCUT2D eigenvalue weighted by atomic mass is 10.0. The average molecular weight is 337 g/mol. The van der Waals surface area contributed by atoms with E-state index in [1.807, 2.05) is 0 Å². The van der Waals surface area contributed by atoms with Gasteiger partial charge in [0.2, 0.25) is 0 Å². The van der Waals surface area contributed by atoms with Gasteiger partial charge >= 0.3 is 0 Å². The molecule has 0 aliphatic carbocycles. The summed E-state index contributed by atoms with van der Waals surface area (Å²) in [5.74, 6) is 0.858. The Bertz CT molecular complexity index is 65.9. The summed E-state index contributed by atoms with van der Waals surface area (Å²) in [4.78, 5) is 0. The zero-order valence-electron chi connectivity index (χ0n) is 5.95. The normalized spacial score (nSPS) is 13.5. The summed E-state index contributed by atoms with van der Waals surface area (Å²) in [7, 11) is 0. The van der Waals surface area contributed by atoms with Crippen molar-refractivity contribution in [1.82, 2.24) is 0 Å². The molecular weight excluding hydrogens is 324 g/mol. The van der Waals surface area contributed by atoms with Crippen molar-refractivity contribution < 1.29 is 0 Å². The van der Waals surface area contributed by atoms with Gasteiger partial charge < -0.3 is 0 Å². The molecule has 0 aromatic rings. The van der Waals surface area contributed by atoms with Crippen LogP contribution in [0.2, 0.25) is 0 Å². The molecule has 0 radical (unpaired) electrons. The van der Waals surface area contributed by atoms with Crippen molar-refractivity contribution in [2.75, 3.05) is 16.0 Å². The standard InChI is InChI=1S/C7H13Br3/c8-4-1-2-7(6-10)3-5-9/h7H,1-6H2/t7-/m1/s1. The van der Waals surface area contributed by atoms with Crippen LogP contribution in [-0.4, -0.2) is 16.0 Å². The third-order valence-electron chi connectivity index (χ3n) is 1.48. The van der Waals surface area contributed by atoms with Gasteiger partial charge in [0.25, 0.3) is 0 Å². The first-order valence-corrected chi connectivity index (χ1v) is 6.89. The molecule has 62 valence electrons.